The monoisotopic (exact) mass is 370 g/mol. The molecule has 6 nitrogen and oxygen atoms in total. The van der Waals surface area contributed by atoms with Crippen LogP contribution in [0.15, 0.2) is 79.1 Å². The van der Waals surface area contributed by atoms with E-state index >= 15 is 0 Å². The highest BCUT2D eigenvalue weighted by Gasteiger charge is 2.07. The summed E-state index contributed by atoms with van der Waals surface area (Å²) in [5.74, 6) is 1.17. The Kier molecular flexibility index (Phi) is 4.84. The molecule has 0 atom stereocenters. The standard InChI is InChI=1S/C22H18N4O2/c1-28-18-10-7-16(8-11-18)22(27)25-17-9-12-20(24-14-17)26-19-6-2-4-15-5-3-13-23-21(15)19/h2-14H,1H3,(H,24,26)(H,25,27). The lowest BCUT2D eigenvalue weighted by molar-refractivity contribution is 0.102. The van der Waals surface area contributed by atoms with Gasteiger partial charge in [-0.05, 0) is 48.5 Å². The van der Waals surface area contributed by atoms with Gasteiger partial charge in [0.05, 0.1) is 30.2 Å². The highest BCUT2D eigenvalue weighted by molar-refractivity contribution is 6.04. The molecule has 0 aliphatic heterocycles. The summed E-state index contributed by atoms with van der Waals surface area (Å²) in [4.78, 5) is 21.1. The third-order valence-corrected chi connectivity index (χ3v) is 4.27. The van der Waals surface area contributed by atoms with Crippen LogP contribution in [0, 0.1) is 0 Å². The highest BCUT2D eigenvalue weighted by Crippen LogP contribution is 2.24. The number of nitrogens with one attached hydrogen (secondary N) is 2. The number of anilines is 3. The van der Waals surface area contributed by atoms with Crippen LogP contribution in [0.3, 0.4) is 0 Å². The molecule has 0 spiro atoms. The third-order valence-electron chi connectivity index (χ3n) is 4.27. The lowest BCUT2D eigenvalue weighted by Crippen LogP contribution is -2.12. The Morgan fingerprint density at radius 2 is 1.75 bits per heavy atom. The highest BCUT2D eigenvalue weighted by atomic mass is 16.5. The molecule has 4 aromatic rings. The lowest BCUT2D eigenvalue weighted by Gasteiger charge is -2.10. The summed E-state index contributed by atoms with van der Waals surface area (Å²) in [6.07, 6.45) is 3.38. The minimum atomic E-state index is -0.205. The SMILES string of the molecule is COc1ccc(C(=O)Nc2ccc(Nc3cccc4cccnc34)nc2)cc1. The normalized spacial score (nSPS) is 10.5. The van der Waals surface area contributed by atoms with Crippen LogP contribution in [-0.2, 0) is 0 Å². The number of ether oxygens (including phenoxy) is 1. The maximum atomic E-state index is 12.3. The Hall–Kier alpha value is -3.93. The lowest BCUT2D eigenvalue weighted by atomic mass is 10.2. The van der Waals surface area contributed by atoms with E-state index in [4.69, 9.17) is 4.74 Å². The quantitative estimate of drug-likeness (QED) is 0.535. The number of hydrogen-bond acceptors (Lipinski definition) is 5. The van der Waals surface area contributed by atoms with Crippen molar-refractivity contribution in [2.45, 2.75) is 0 Å². The number of aromatic nitrogens is 2. The van der Waals surface area contributed by atoms with Gasteiger partial charge in [0, 0.05) is 17.1 Å². The molecule has 1 amide bonds. The first-order valence-electron chi connectivity index (χ1n) is 8.75. The Morgan fingerprint density at radius 1 is 0.929 bits per heavy atom. The average Bonchev–Trinajstić information content (AvgIpc) is 2.75. The zero-order valence-corrected chi connectivity index (χ0v) is 15.2. The van der Waals surface area contributed by atoms with Gasteiger partial charge in [-0.2, -0.15) is 0 Å². The van der Waals surface area contributed by atoms with Gasteiger partial charge < -0.3 is 15.4 Å². The number of hydrogen-bond donors (Lipinski definition) is 2. The summed E-state index contributed by atoms with van der Waals surface area (Å²) < 4.78 is 5.10. The fraction of sp³-hybridized carbons (Fsp3) is 0.0455. The molecule has 2 aromatic heterocycles. The van der Waals surface area contributed by atoms with Crippen LogP contribution in [0.1, 0.15) is 10.4 Å². The molecular formula is C22H18N4O2. The fourth-order valence-electron chi connectivity index (χ4n) is 2.83. The summed E-state index contributed by atoms with van der Waals surface area (Å²) in [7, 11) is 1.59. The van der Waals surface area contributed by atoms with Crippen molar-refractivity contribution in [1.82, 2.24) is 9.97 Å². The first-order valence-corrected chi connectivity index (χ1v) is 8.75. The summed E-state index contributed by atoms with van der Waals surface area (Å²) in [5.41, 5.74) is 2.91. The minimum absolute atomic E-state index is 0.205. The van der Waals surface area contributed by atoms with E-state index in [0.29, 0.717) is 22.8 Å². The molecule has 0 aliphatic carbocycles. The smallest absolute Gasteiger partial charge is 0.255 e. The molecule has 0 radical (unpaired) electrons. The molecule has 2 heterocycles. The van der Waals surface area contributed by atoms with Gasteiger partial charge in [0.1, 0.15) is 11.6 Å². The summed E-state index contributed by atoms with van der Waals surface area (Å²) >= 11 is 0. The molecule has 0 saturated heterocycles. The van der Waals surface area contributed by atoms with Crippen molar-refractivity contribution in [1.29, 1.82) is 0 Å². The van der Waals surface area contributed by atoms with Crippen molar-refractivity contribution in [2.75, 3.05) is 17.7 Å². The van der Waals surface area contributed by atoms with Gasteiger partial charge in [0.25, 0.3) is 5.91 Å². The zero-order valence-electron chi connectivity index (χ0n) is 15.2. The molecular weight excluding hydrogens is 352 g/mol. The number of methoxy groups -OCH3 is 1. The maximum absolute atomic E-state index is 12.3. The summed E-state index contributed by atoms with van der Waals surface area (Å²) in [5, 5.41) is 7.16. The van der Waals surface area contributed by atoms with Gasteiger partial charge in [0.15, 0.2) is 0 Å². The van der Waals surface area contributed by atoms with E-state index in [1.54, 1.807) is 49.8 Å². The van der Waals surface area contributed by atoms with Gasteiger partial charge in [-0.25, -0.2) is 4.98 Å². The van der Waals surface area contributed by atoms with Crippen molar-refractivity contribution in [3.05, 3.63) is 84.7 Å². The zero-order chi connectivity index (χ0) is 19.3. The molecule has 0 saturated carbocycles. The first kappa shape index (κ1) is 17.5. The number of para-hydroxylation sites is 1. The van der Waals surface area contributed by atoms with E-state index in [1.807, 2.05) is 36.4 Å². The third kappa shape index (κ3) is 3.76. The van der Waals surface area contributed by atoms with Crippen LogP contribution in [0.4, 0.5) is 17.2 Å². The second kappa shape index (κ2) is 7.75. The van der Waals surface area contributed by atoms with Gasteiger partial charge in [0.2, 0.25) is 0 Å². The van der Waals surface area contributed by atoms with Gasteiger partial charge >= 0.3 is 0 Å². The molecule has 2 N–H and O–H groups in total. The van der Waals surface area contributed by atoms with Crippen LogP contribution >= 0.6 is 0 Å². The van der Waals surface area contributed by atoms with Crippen molar-refractivity contribution in [2.24, 2.45) is 0 Å². The van der Waals surface area contributed by atoms with Crippen molar-refractivity contribution in [3.8, 4) is 5.75 Å². The van der Waals surface area contributed by atoms with Crippen molar-refractivity contribution >= 4 is 34.0 Å². The fourth-order valence-corrected chi connectivity index (χ4v) is 2.83. The van der Waals surface area contributed by atoms with E-state index in [0.717, 1.165) is 16.6 Å². The van der Waals surface area contributed by atoms with E-state index in [9.17, 15) is 4.79 Å². The number of rotatable bonds is 5. The number of nitrogens with zero attached hydrogens (tertiary/aromatic N) is 2. The average molecular weight is 370 g/mol. The van der Waals surface area contributed by atoms with Crippen LogP contribution in [0.5, 0.6) is 5.75 Å². The van der Waals surface area contributed by atoms with Crippen LogP contribution in [0.2, 0.25) is 0 Å². The number of fused-ring (bicyclic) bond motifs is 1. The minimum Gasteiger partial charge on any atom is -0.497 e. The van der Waals surface area contributed by atoms with E-state index in [2.05, 4.69) is 20.6 Å². The molecule has 2 aromatic carbocycles. The predicted molar refractivity (Wildman–Crippen MR) is 110 cm³/mol. The van der Waals surface area contributed by atoms with Gasteiger partial charge in [-0.1, -0.05) is 18.2 Å². The Bertz CT molecular complexity index is 1100. The number of benzene rings is 2. The second-order valence-corrected chi connectivity index (χ2v) is 6.12. The van der Waals surface area contributed by atoms with Gasteiger partial charge in [-0.3, -0.25) is 9.78 Å². The van der Waals surface area contributed by atoms with Crippen LogP contribution in [-0.4, -0.2) is 23.0 Å². The van der Waals surface area contributed by atoms with E-state index in [-0.39, 0.29) is 5.91 Å². The molecule has 0 fully saturated rings. The molecule has 6 heteroatoms. The van der Waals surface area contributed by atoms with Crippen LogP contribution < -0.4 is 15.4 Å². The number of pyridine rings is 2. The molecule has 0 bridgehead atoms. The van der Waals surface area contributed by atoms with Crippen molar-refractivity contribution < 1.29 is 9.53 Å². The Morgan fingerprint density at radius 3 is 2.50 bits per heavy atom. The maximum Gasteiger partial charge on any atom is 0.255 e. The van der Waals surface area contributed by atoms with E-state index < -0.39 is 0 Å². The number of carbonyl (C=O) groups is 1. The molecule has 138 valence electrons. The molecule has 28 heavy (non-hydrogen) atoms. The van der Waals surface area contributed by atoms with Crippen LogP contribution in [0.25, 0.3) is 10.9 Å². The number of amides is 1. The molecule has 0 unspecified atom stereocenters. The second-order valence-electron chi connectivity index (χ2n) is 6.12. The van der Waals surface area contributed by atoms with E-state index in [1.165, 1.54) is 0 Å². The van der Waals surface area contributed by atoms with Crippen molar-refractivity contribution in [3.63, 3.8) is 0 Å². The Labute approximate surface area is 162 Å². The predicted octanol–water partition coefficient (Wildman–Crippen LogP) is 4.63. The largest absolute Gasteiger partial charge is 0.497 e. The first-order chi connectivity index (χ1) is 13.7. The summed E-state index contributed by atoms with van der Waals surface area (Å²) in [6, 6.07) is 20.4. The Balaban J connectivity index is 1.47. The topological polar surface area (TPSA) is 76.1 Å². The molecule has 0 aliphatic rings. The number of carbonyl (C=O) groups excluding carboxylic acids is 1. The molecule has 4 rings (SSSR count). The summed E-state index contributed by atoms with van der Waals surface area (Å²) in [6.45, 7) is 0. The van der Waals surface area contributed by atoms with Gasteiger partial charge in [-0.15, -0.1) is 0 Å².